The number of phenols is 2. The molecule has 0 unspecified atom stereocenters. The van der Waals surface area contributed by atoms with Crippen LogP contribution in [0.3, 0.4) is 0 Å². The average molecular weight is 311 g/mol. The molecule has 0 saturated heterocycles. The first-order valence-electron chi connectivity index (χ1n) is 6.75. The predicted molar refractivity (Wildman–Crippen MR) is 83.0 cm³/mol. The summed E-state index contributed by atoms with van der Waals surface area (Å²) in [5.74, 6) is -0.594. The van der Waals surface area contributed by atoms with E-state index >= 15 is 0 Å². The summed E-state index contributed by atoms with van der Waals surface area (Å²) in [7, 11) is 0. The number of aromatic nitrogens is 3. The van der Waals surface area contributed by atoms with Crippen molar-refractivity contribution in [1.82, 2.24) is 20.4 Å². The second kappa shape index (κ2) is 6.14. The molecular formula is C15H13N5O3. The van der Waals surface area contributed by atoms with E-state index in [0.29, 0.717) is 16.6 Å². The fourth-order valence-electron chi connectivity index (χ4n) is 1.95. The van der Waals surface area contributed by atoms with Crippen molar-refractivity contribution in [1.29, 1.82) is 0 Å². The highest BCUT2D eigenvalue weighted by Crippen LogP contribution is 2.20. The van der Waals surface area contributed by atoms with Gasteiger partial charge in [0.2, 0.25) is 0 Å². The Hall–Kier alpha value is -3.42. The molecule has 116 valence electrons. The van der Waals surface area contributed by atoms with Crippen molar-refractivity contribution in [3.05, 3.63) is 48.0 Å². The maximum atomic E-state index is 11.8. The molecule has 2 aromatic carbocycles. The van der Waals surface area contributed by atoms with E-state index in [2.05, 4.69) is 20.7 Å². The van der Waals surface area contributed by atoms with E-state index in [1.807, 2.05) is 24.3 Å². The molecular weight excluding hydrogens is 298 g/mol. The number of rotatable bonds is 4. The van der Waals surface area contributed by atoms with Crippen molar-refractivity contribution in [2.45, 2.75) is 6.54 Å². The first-order valence-corrected chi connectivity index (χ1v) is 6.75. The summed E-state index contributed by atoms with van der Waals surface area (Å²) < 4.78 is 0. The molecule has 8 heteroatoms. The van der Waals surface area contributed by atoms with E-state index in [9.17, 15) is 15.0 Å². The second-order valence-corrected chi connectivity index (χ2v) is 4.76. The zero-order valence-electron chi connectivity index (χ0n) is 11.9. The molecule has 3 rings (SSSR count). The summed E-state index contributed by atoms with van der Waals surface area (Å²) in [6.45, 7) is -0.0758. The molecule has 1 aromatic heterocycles. The molecule has 1 amide bonds. The molecule has 0 radical (unpaired) electrons. The number of carbonyl (C=O) groups excluding carboxylic acids is 1. The van der Waals surface area contributed by atoms with E-state index in [1.165, 1.54) is 29.2 Å². The number of hydrogen-bond acceptors (Lipinski definition) is 6. The van der Waals surface area contributed by atoms with Gasteiger partial charge < -0.3 is 10.2 Å². The van der Waals surface area contributed by atoms with Crippen LogP contribution in [0.1, 0.15) is 5.56 Å². The Morgan fingerprint density at radius 1 is 1.17 bits per heavy atom. The Kier molecular flexibility index (Phi) is 3.88. The van der Waals surface area contributed by atoms with Gasteiger partial charge in [-0.3, -0.25) is 4.79 Å². The van der Waals surface area contributed by atoms with Crippen LogP contribution in [0, 0.1) is 0 Å². The fraction of sp³-hybridized carbons (Fsp3) is 0.0667. The summed E-state index contributed by atoms with van der Waals surface area (Å²) in [4.78, 5) is 13.1. The van der Waals surface area contributed by atoms with Gasteiger partial charge in [0, 0.05) is 11.6 Å². The van der Waals surface area contributed by atoms with Crippen LogP contribution in [0.25, 0.3) is 11.0 Å². The van der Waals surface area contributed by atoms with Gasteiger partial charge in [0.1, 0.15) is 29.1 Å². The monoisotopic (exact) mass is 311 g/mol. The van der Waals surface area contributed by atoms with Gasteiger partial charge in [-0.05, 0) is 24.3 Å². The summed E-state index contributed by atoms with van der Waals surface area (Å²) >= 11 is 0. The molecule has 0 aliphatic carbocycles. The van der Waals surface area contributed by atoms with Gasteiger partial charge >= 0.3 is 0 Å². The molecule has 3 aromatic rings. The lowest BCUT2D eigenvalue weighted by Gasteiger charge is -2.00. The molecule has 0 spiro atoms. The first kappa shape index (κ1) is 14.5. The summed E-state index contributed by atoms with van der Waals surface area (Å²) in [6.07, 6.45) is 1.28. The number of nitrogens with one attached hydrogen (secondary N) is 1. The molecule has 3 N–H and O–H groups in total. The van der Waals surface area contributed by atoms with Crippen LogP contribution in [0.4, 0.5) is 0 Å². The molecule has 23 heavy (non-hydrogen) atoms. The Bertz CT molecular complexity index is 855. The number of aromatic hydroxyl groups is 2. The second-order valence-electron chi connectivity index (χ2n) is 4.76. The van der Waals surface area contributed by atoms with Gasteiger partial charge in [0.05, 0.1) is 6.21 Å². The smallest absolute Gasteiger partial charge is 0.263 e. The number of phenolic OH excluding ortho intramolecular Hbond substituents is 2. The molecule has 0 fully saturated rings. The summed E-state index contributed by atoms with van der Waals surface area (Å²) in [5.41, 5.74) is 4.10. The van der Waals surface area contributed by atoms with Gasteiger partial charge in [-0.2, -0.15) is 20.1 Å². The maximum absolute atomic E-state index is 11.8. The van der Waals surface area contributed by atoms with Crippen molar-refractivity contribution in [2.75, 3.05) is 0 Å². The average Bonchev–Trinajstić information content (AvgIpc) is 2.91. The lowest BCUT2D eigenvalue weighted by Crippen LogP contribution is -2.24. The molecule has 1 heterocycles. The standard InChI is InChI=1S/C15H13N5O3/c21-11-6-5-10(14(22)7-11)8-16-17-15(23)9-20-18-12-3-1-2-4-13(12)19-20/h1-8,21-22H,9H2,(H,17,23)/b16-8-. The molecule has 0 atom stereocenters. The third kappa shape index (κ3) is 3.43. The van der Waals surface area contributed by atoms with E-state index in [1.54, 1.807) is 0 Å². The number of amides is 1. The molecule has 0 saturated carbocycles. The summed E-state index contributed by atoms with van der Waals surface area (Å²) in [6, 6.07) is 11.4. The van der Waals surface area contributed by atoms with E-state index in [0.717, 1.165) is 0 Å². The number of hydrazone groups is 1. The van der Waals surface area contributed by atoms with Crippen molar-refractivity contribution < 1.29 is 15.0 Å². The number of benzene rings is 2. The van der Waals surface area contributed by atoms with Gasteiger partial charge in [0.25, 0.3) is 5.91 Å². The molecule has 8 nitrogen and oxygen atoms in total. The van der Waals surface area contributed by atoms with Crippen LogP contribution >= 0.6 is 0 Å². The van der Waals surface area contributed by atoms with E-state index in [-0.39, 0.29) is 18.0 Å². The van der Waals surface area contributed by atoms with Crippen LogP contribution in [-0.2, 0) is 11.3 Å². The normalized spacial score (nSPS) is 11.1. The number of nitrogens with zero attached hydrogens (tertiary/aromatic N) is 4. The largest absolute Gasteiger partial charge is 0.508 e. The van der Waals surface area contributed by atoms with E-state index in [4.69, 9.17) is 0 Å². The SMILES string of the molecule is O=C(Cn1nc2ccccc2n1)N/N=C\c1ccc(O)cc1O. The third-order valence-corrected chi connectivity index (χ3v) is 3.02. The third-order valence-electron chi connectivity index (χ3n) is 3.02. The lowest BCUT2D eigenvalue weighted by molar-refractivity contribution is -0.122. The summed E-state index contributed by atoms with van der Waals surface area (Å²) in [5, 5.41) is 30.9. The zero-order valence-corrected chi connectivity index (χ0v) is 11.9. The van der Waals surface area contributed by atoms with Crippen LogP contribution in [0.15, 0.2) is 47.6 Å². The van der Waals surface area contributed by atoms with Crippen LogP contribution < -0.4 is 5.43 Å². The van der Waals surface area contributed by atoms with Crippen molar-refractivity contribution in [3.63, 3.8) is 0 Å². The van der Waals surface area contributed by atoms with Gasteiger partial charge in [-0.25, -0.2) is 5.43 Å². The molecule has 0 aliphatic rings. The minimum absolute atomic E-state index is 0.0551. The Balaban J connectivity index is 1.61. The number of carbonyl (C=O) groups is 1. The van der Waals surface area contributed by atoms with Gasteiger partial charge in [-0.1, -0.05) is 12.1 Å². The lowest BCUT2D eigenvalue weighted by atomic mass is 10.2. The quantitative estimate of drug-likeness (QED) is 0.491. The van der Waals surface area contributed by atoms with Crippen molar-refractivity contribution >= 4 is 23.2 Å². The number of fused-ring (bicyclic) bond motifs is 1. The van der Waals surface area contributed by atoms with Crippen LogP contribution in [0.2, 0.25) is 0 Å². The van der Waals surface area contributed by atoms with Gasteiger partial charge in [0.15, 0.2) is 0 Å². The Labute approximate surface area is 130 Å². The van der Waals surface area contributed by atoms with Crippen molar-refractivity contribution in [3.8, 4) is 11.5 Å². The highest BCUT2D eigenvalue weighted by atomic mass is 16.3. The van der Waals surface area contributed by atoms with Crippen LogP contribution in [-0.4, -0.2) is 37.3 Å². The topological polar surface area (TPSA) is 113 Å². The Morgan fingerprint density at radius 3 is 2.52 bits per heavy atom. The minimum Gasteiger partial charge on any atom is -0.508 e. The highest BCUT2D eigenvalue weighted by molar-refractivity contribution is 5.85. The fourth-order valence-corrected chi connectivity index (χ4v) is 1.95. The molecule has 0 bridgehead atoms. The minimum atomic E-state index is -0.403. The van der Waals surface area contributed by atoms with Crippen LogP contribution in [0.5, 0.6) is 11.5 Å². The number of hydrogen-bond donors (Lipinski definition) is 3. The first-order chi connectivity index (χ1) is 11.1. The van der Waals surface area contributed by atoms with Crippen molar-refractivity contribution in [2.24, 2.45) is 5.10 Å². The predicted octanol–water partition coefficient (Wildman–Crippen LogP) is 0.993. The highest BCUT2D eigenvalue weighted by Gasteiger charge is 2.06. The van der Waals surface area contributed by atoms with E-state index < -0.39 is 5.91 Å². The Morgan fingerprint density at radius 2 is 1.87 bits per heavy atom. The van der Waals surface area contributed by atoms with Gasteiger partial charge in [-0.15, -0.1) is 0 Å². The zero-order chi connectivity index (χ0) is 16.2. The maximum Gasteiger partial charge on any atom is 0.263 e. The molecule has 0 aliphatic heterocycles.